The van der Waals surface area contributed by atoms with Crippen LogP contribution in [0.5, 0.6) is 0 Å². The summed E-state index contributed by atoms with van der Waals surface area (Å²) >= 11 is 1.42. The summed E-state index contributed by atoms with van der Waals surface area (Å²) in [6.45, 7) is 1.76. The first-order valence-corrected chi connectivity index (χ1v) is 3.93. The van der Waals surface area contributed by atoms with Crippen LogP contribution in [-0.4, -0.2) is 16.1 Å². The number of aliphatic hydroxyl groups excluding tert-OH is 1. The first-order chi connectivity index (χ1) is 4.72. The maximum Gasteiger partial charge on any atom is 0.123 e. The van der Waals surface area contributed by atoms with Crippen LogP contribution in [0.25, 0.3) is 0 Å². The van der Waals surface area contributed by atoms with Gasteiger partial charge in [-0.25, -0.2) is 4.98 Å². The molecular weight excluding hydrogens is 148 g/mol. The van der Waals surface area contributed by atoms with Crippen LogP contribution in [0.15, 0.2) is 11.6 Å². The SMILES string of the molecule is C[C@H](N)[C@@H](O)c1nccs1. The highest BCUT2D eigenvalue weighted by Crippen LogP contribution is 2.16. The molecule has 1 aromatic heterocycles. The average Bonchev–Trinajstić information content (AvgIpc) is 2.36. The third kappa shape index (κ3) is 1.53. The molecule has 0 unspecified atom stereocenters. The molecule has 2 atom stereocenters. The first-order valence-electron chi connectivity index (χ1n) is 3.05. The molecule has 0 aromatic carbocycles. The van der Waals surface area contributed by atoms with Gasteiger partial charge in [0.05, 0.1) is 0 Å². The zero-order valence-electron chi connectivity index (χ0n) is 5.69. The Kier molecular flexibility index (Phi) is 2.37. The lowest BCUT2D eigenvalue weighted by Crippen LogP contribution is -2.24. The molecule has 1 heterocycles. The second-order valence-electron chi connectivity index (χ2n) is 2.17. The summed E-state index contributed by atoms with van der Waals surface area (Å²) in [5.41, 5.74) is 5.44. The van der Waals surface area contributed by atoms with E-state index >= 15 is 0 Å². The molecule has 1 rings (SSSR count). The van der Waals surface area contributed by atoms with E-state index in [-0.39, 0.29) is 6.04 Å². The van der Waals surface area contributed by atoms with Crippen LogP contribution in [0.3, 0.4) is 0 Å². The lowest BCUT2D eigenvalue weighted by Gasteiger charge is -2.09. The third-order valence-electron chi connectivity index (χ3n) is 1.20. The molecule has 0 aliphatic carbocycles. The van der Waals surface area contributed by atoms with E-state index in [1.54, 1.807) is 13.1 Å². The van der Waals surface area contributed by atoms with E-state index in [9.17, 15) is 5.11 Å². The van der Waals surface area contributed by atoms with Gasteiger partial charge in [-0.3, -0.25) is 0 Å². The van der Waals surface area contributed by atoms with Crippen molar-refractivity contribution in [2.45, 2.75) is 19.1 Å². The minimum absolute atomic E-state index is 0.244. The Morgan fingerprint density at radius 3 is 2.90 bits per heavy atom. The van der Waals surface area contributed by atoms with Crippen molar-refractivity contribution in [1.82, 2.24) is 4.98 Å². The van der Waals surface area contributed by atoms with Gasteiger partial charge in [-0.05, 0) is 6.92 Å². The van der Waals surface area contributed by atoms with Gasteiger partial charge < -0.3 is 10.8 Å². The molecule has 0 amide bonds. The van der Waals surface area contributed by atoms with Crippen LogP contribution in [-0.2, 0) is 0 Å². The fourth-order valence-electron chi connectivity index (χ4n) is 0.605. The van der Waals surface area contributed by atoms with Crippen molar-refractivity contribution in [3.05, 3.63) is 16.6 Å². The number of rotatable bonds is 2. The molecule has 3 nitrogen and oxygen atoms in total. The van der Waals surface area contributed by atoms with Gasteiger partial charge in [0.1, 0.15) is 11.1 Å². The minimum atomic E-state index is -0.611. The van der Waals surface area contributed by atoms with Gasteiger partial charge in [-0.2, -0.15) is 0 Å². The summed E-state index contributed by atoms with van der Waals surface area (Å²) in [6.07, 6.45) is 1.05. The van der Waals surface area contributed by atoms with Crippen LogP contribution in [0.2, 0.25) is 0 Å². The van der Waals surface area contributed by atoms with Crippen LogP contribution in [0.1, 0.15) is 18.0 Å². The van der Waals surface area contributed by atoms with Gasteiger partial charge in [0.25, 0.3) is 0 Å². The molecule has 1 aromatic rings. The number of nitrogens with two attached hydrogens (primary N) is 1. The number of aromatic nitrogens is 1. The molecule has 0 radical (unpaired) electrons. The zero-order valence-corrected chi connectivity index (χ0v) is 6.51. The van der Waals surface area contributed by atoms with Crippen molar-refractivity contribution in [2.75, 3.05) is 0 Å². The van der Waals surface area contributed by atoms with E-state index in [0.717, 1.165) is 0 Å². The summed E-state index contributed by atoms with van der Waals surface area (Å²) in [5, 5.41) is 11.8. The molecular formula is C6H10N2OS. The summed E-state index contributed by atoms with van der Waals surface area (Å²) in [6, 6.07) is -0.244. The Balaban J connectivity index is 2.68. The summed E-state index contributed by atoms with van der Waals surface area (Å²) in [7, 11) is 0. The van der Waals surface area contributed by atoms with E-state index in [0.29, 0.717) is 5.01 Å². The monoisotopic (exact) mass is 158 g/mol. The highest BCUT2D eigenvalue weighted by molar-refractivity contribution is 7.09. The third-order valence-corrected chi connectivity index (χ3v) is 2.05. The van der Waals surface area contributed by atoms with Gasteiger partial charge in [-0.1, -0.05) is 0 Å². The topological polar surface area (TPSA) is 59.1 Å². The molecule has 0 bridgehead atoms. The number of aliphatic hydroxyl groups is 1. The summed E-state index contributed by atoms with van der Waals surface area (Å²) in [4.78, 5) is 3.93. The second-order valence-corrected chi connectivity index (χ2v) is 3.10. The Bertz CT molecular complexity index is 186. The Hall–Kier alpha value is -0.450. The van der Waals surface area contributed by atoms with E-state index < -0.39 is 6.10 Å². The largest absolute Gasteiger partial charge is 0.384 e. The first kappa shape index (κ1) is 7.65. The van der Waals surface area contributed by atoms with Crippen molar-refractivity contribution in [2.24, 2.45) is 5.73 Å². The molecule has 10 heavy (non-hydrogen) atoms. The average molecular weight is 158 g/mol. The number of nitrogens with zero attached hydrogens (tertiary/aromatic N) is 1. The maximum absolute atomic E-state index is 9.31. The van der Waals surface area contributed by atoms with E-state index in [1.165, 1.54) is 11.3 Å². The van der Waals surface area contributed by atoms with Crippen LogP contribution < -0.4 is 5.73 Å². The summed E-state index contributed by atoms with van der Waals surface area (Å²) in [5.74, 6) is 0. The Labute approximate surface area is 63.5 Å². The zero-order chi connectivity index (χ0) is 7.56. The molecule has 0 spiro atoms. The predicted molar refractivity (Wildman–Crippen MR) is 40.7 cm³/mol. The lowest BCUT2D eigenvalue weighted by molar-refractivity contribution is 0.153. The molecule has 4 heteroatoms. The molecule has 0 saturated heterocycles. The van der Waals surface area contributed by atoms with Crippen LogP contribution >= 0.6 is 11.3 Å². The molecule has 0 fully saturated rings. The highest BCUT2D eigenvalue weighted by atomic mass is 32.1. The van der Waals surface area contributed by atoms with E-state index in [1.807, 2.05) is 5.38 Å². The second kappa shape index (κ2) is 3.09. The molecule has 0 saturated carbocycles. The Morgan fingerprint density at radius 1 is 1.80 bits per heavy atom. The normalized spacial score (nSPS) is 16.7. The van der Waals surface area contributed by atoms with Gasteiger partial charge in [0, 0.05) is 17.6 Å². The van der Waals surface area contributed by atoms with Gasteiger partial charge in [-0.15, -0.1) is 11.3 Å². The minimum Gasteiger partial charge on any atom is -0.384 e. The molecule has 0 aliphatic rings. The number of hydrogen-bond acceptors (Lipinski definition) is 4. The number of hydrogen-bond donors (Lipinski definition) is 2. The Morgan fingerprint density at radius 2 is 2.50 bits per heavy atom. The van der Waals surface area contributed by atoms with Crippen molar-refractivity contribution >= 4 is 11.3 Å². The maximum atomic E-state index is 9.31. The van der Waals surface area contributed by atoms with Crippen LogP contribution in [0, 0.1) is 0 Å². The van der Waals surface area contributed by atoms with Crippen LogP contribution in [0.4, 0.5) is 0 Å². The van der Waals surface area contributed by atoms with Crippen molar-refractivity contribution in [3.63, 3.8) is 0 Å². The summed E-state index contributed by atoms with van der Waals surface area (Å²) < 4.78 is 0. The number of thiazole rings is 1. The fourth-order valence-corrected chi connectivity index (χ4v) is 1.34. The van der Waals surface area contributed by atoms with Crippen molar-refractivity contribution in [3.8, 4) is 0 Å². The molecule has 3 N–H and O–H groups in total. The van der Waals surface area contributed by atoms with Gasteiger partial charge in [0.2, 0.25) is 0 Å². The van der Waals surface area contributed by atoms with Gasteiger partial charge >= 0.3 is 0 Å². The lowest BCUT2D eigenvalue weighted by atomic mass is 10.2. The predicted octanol–water partition coefficient (Wildman–Crippen LogP) is 0.524. The molecule has 0 aliphatic heterocycles. The highest BCUT2D eigenvalue weighted by Gasteiger charge is 2.13. The molecule has 56 valence electrons. The van der Waals surface area contributed by atoms with Gasteiger partial charge in [0.15, 0.2) is 0 Å². The van der Waals surface area contributed by atoms with E-state index in [4.69, 9.17) is 5.73 Å². The fraction of sp³-hybridized carbons (Fsp3) is 0.500. The standard InChI is InChI=1S/C6H10N2OS/c1-4(7)5(9)6-8-2-3-10-6/h2-5,9H,7H2,1H3/t4-,5+/m0/s1. The van der Waals surface area contributed by atoms with E-state index in [2.05, 4.69) is 4.98 Å². The van der Waals surface area contributed by atoms with Crippen molar-refractivity contribution in [1.29, 1.82) is 0 Å². The van der Waals surface area contributed by atoms with Crippen molar-refractivity contribution < 1.29 is 5.11 Å². The quantitative estimate of drug-likeness (QED) is 0.659. The smallest absolute Gasteiger partial charge is 0.123 e.